The zero-order valence-corrected chi connectivity index (χ0v) is 10.6. The SMILES string of the molecule is Cc1cc(C)c(C(COCC(F)(F)F)NN)c(F)c1. The van der Waals surface area contributed by atoms with Crippen LogP contribution in [0.4, 0.5) is 17.6 Å². The summed E-state index contributed by atoms with van der Waals surface area (Å²) in [6.07, 6.45) is -4.42. The Hall–Kier alpha value is -1.18. The van der Waals surface area contributed by atoms with E-state index in [1.54, 1.807) is 19.9 Å². The standard InChI is InChI=1S/C12H16F4N2O/c1-7-3-8(2)11(9(13)4-7)10(18-17)5-19-6-12(14,15)16/h3-4,10,18H,5-6,17H2,1-2H3. The predicted octanol–water partition coefficient (Wildman–Crippen LogP) is 2.53. The number of hydrogen-bond donors (Lipinski definition) is 2. The van der Waals surface area contributed by atoms with Gasteiger partial charge in [0, 0.05) is 5.56 Å². The molecule has 0 aliphatic rings. The summed E-state index contributed by atoms with van der Waals surface area (Å²) in [7, 11) is 0. The summed E-state index contributed by atoms with van der Waals surface area (Å²) >= 11 is 0. The molecule has 3 nitrogen and oxygen atoms in total. The van der Waals surface area contributed by atoms with Gasteiger partial charge in [-0.15, -0.1) is 0 Å². The topological polar surface area (TPSA) is 47.3 Å². The van der Waals surface area contributed by atoms with E-state index in [-0.39, 0.29) is 12.2 Å². The first-order chi connectivity index (χ1) is 8.74. The van der Waals surface area contributed by atoms with Gasteiger partial charge >= 0.3 is 6.18 Å². The molecular weight excluding hydrogens is 264 g/mol. The number of benzene rings is 1. The van der Waals surface area contributed by atoms with Crippen LogP contribution in [0.2, 0.25) is 0 Å². The summed E-state index contributed by atoms with van der Waals surface area (Å²) in [5.74, 6) is 4.73. The lowest BCUT2D eigenvalue weighted by molar-refractivity contribution is -0.175. The maximum Gasteiger partial charge on any atom is 0.411 e. The first kappa shape index (κ1) is 15.9. The number of ether oxygens (including phenoxy) is 1. The first-order valence-corrected chi connectivity index (χ1v) is 5.62. The van der Waals surface area contributed by atoms with E-state index >= 15 is 0 Å². The highest BCUT2D eigenvalue weighted by atomic mass is 19.4. The van der Waals surface area contributed by atoms with Crippen molar-refractivity contribution in [3.05, 3.63) is 34.6 Å². The Morgan fingerprint density at radius 3 is 2.42 bits per heavy atom. The maximum absolute atomic E-state index is 13.8. The van der Waals surface area contributed by atoms with Gasteiger partial charge in [-0.25, -0.2) is 4.39 Å². The van der Waals surface area contributed by atoms with Crippen LogP contribution in [0.15, 0.2) is 12.1 Å². The third kappa shape index (κ3) is 4.77. The predicted molar refractivity (Wildman–Crippen MR) is 62.8 cm³/mol. The average molecular weight is 280 g/mol. The van der Waals surface area contributed by atoms with Crippen molar-refractivity contribution in [1.29, 1.82) is 0 Å². The molecule has 0 aliphatic carbocycles. The lowest BCUT2D eigenvalue weighted by Crippen LogP contribution is -2.33. The molecule has 0 bridgehead atoms. The average Bonchev–Trinajstić information content (AvgIpc) is 2.23. The van der Waals surface area contributed by atoms with E-state index in [0.29, 0.717) is 5.56 Å². The quantitative estimate of drug-likeness (QED) is 0.495. The number of rotatable bonds is 5. The highest BCUT2D eigenvalue weighted by molar-refractivity contribution is 5.34. The number of halogens is 4. The number of hydrogen-bond acceptors (Lipinski definition) is 3. The van der Waals surface area contributed by atoms with Gasteiger partial charge < -0.3 is 4.74 Å². The zero-order valence-electron chi connectivity index (χ0n) is 10.6. The molecule has 1 rings (SSSR count). The van der Waals surface area contributed by atoms with Crippen LogP contribution < -0.4 is 11.3 Å². The molecule has 19 heavy (non-hydrogen) atoms. The summed E-state index contributed by atoms with van der Waals surface area (Å²) in [6.45, 7) is 1.64. The summed E-state index contributed by atoms with van der Waals surface area (Å²) < 4.78 is 54.3. The van der Waals surface area contributed by atoms with Gasteiger partial charge in [0.25, 0.3) is 0 Å². The minimum atomic E-state index is -4.42. The van der Waals surface area contributed by atoms with Crippen LogP contribution in [0.1, 0.15) is 22.7 Å². The van der Waals surface area contributed by atoms with E-state index in [0.717, 1.165) is 5.56 Å². The summed E-state index contributed by atoms with van der Waals surface area (Å²) in [6, 6.07) is 2.20. The minimum absolute atomic E-state index is 0.218. The smallest absolute Gasteiger partial charge is 0.370 e. The molecule has 0 saturated carbocycles. The second kappa shape index (κ2) is 6.31. The van der Waals surface area contributed by atoms with Crippen molar-refractivity contribution in [2.24, 2.45) is 5.84 Å². The van der Waals surface area contributed by atoms with Gasteiger partial charge in [0.2, 0.25) is 0 Å². The molecule has 0 aliphatic heterocycles. The molecule has 0 aromatic heterocycles. The lowest BCUT2D eigenvalue weighted by Gasteiger charge is -2.20. The van der Waals surface area contributed by atoms with Crippen molar-refractivity contribution < 1.29 is 22.3 Å². The van der Waals surface area contributed by atoms with Crippen LogP contribution in [0.5, 0.6) is 0 Å². The van der Waals surface area contributed by atoms with Gasteiger partial charge in [-0.1, -0.05) is 6.07 Å². The number of nitrogens with one attached hydrogen (secondary N) is 1. The number of nitrogens with two attached hydrogens (primary N) is 1. The van der Waals surface area contributed by atoms with Crippen LogP contribution in [-0.4, -0.2) is 19.4 Å². The van der Waals surface area contributed by atoms with Gasteiger partial charge in [0.15, 0.2) is 0 Å². The molecule has 1 unspecified atom stereocenters. The van der Waals surface area contributed by atoms with Gasteiger partial charge in [-0.2, -0.15) is 13.2 Å². The largest absolute Gasteiger partial charge is 0.411 e. The van der Waals surface area contributed by atoms with Crippen molar-refractivity contribution in [2.45, 2.75) is 26.1 Å². The van der Waals surface area contributed by atoms with Gasteiger partial charge in [0.05, 0.1) is 12.6 Å². The van der Waals surface area contributed by atoms with Gasteiger partial charge in [-0.05, 0) is 31.0 Å². The number of aryl methyl sites for hydroxylation is 2. The fourth-order valence-electron chi connectivity index (χ4n) is 1.88. The Balaban J connectivity index is 2.80. The fraction of sp³-hybridized carbons (Fsp3) is 0.500. The molecule has 1 aromatic carbocycles. The van der Waals surface area contributed by atoms with E-state index in [9.17, 15) is 17.6 Å². The van der Waals surface area contributed by atoms with Crippen molar-refractivity contribution in [3.8, 4) is 0 Å². The molecule has 7 heteroatoms. The molecule has 108 valence electrons. The van der Waals surface area contributed by atoms with E-state index < -0.39 is 24.6 Å². The Morgan fingerprint density at radius 2 is 1.95 bits per heavy atom. The lowest BCUT2D eigenvalue weighted by atomic mass is 9.99. The molecule has 0 heterocycles. The van der Waals surface area contributed by atoms with Crippen LogP contribution in [0.3, 0.4) is 0 Å². The van der Waals surface area contributed by atoms with Crippen LogP contribution >= 0.6 is 0 Å². The second-order valence-corrected chi connectivity index (χ2v) is 4.33. The van der Waals surface area contributed by atoms with E-state index in [2.05, 4.69) is 10.2 Å². The molecule has 0 radical (unpaired) electrons. The zero-order chi connectivity index (χ0) is 14.6. The van der Waals surface area contributed by atoms with Gasteiger partial charge in [0.1, 0.15) is 12.4 Å². The molecular formula is C12H16F4N2O. The number of hydrazine groups is 1. The molecule has 1 atom stereocenters. The summed E-state index contributed by atoms with van der Waals surface area (Å²) in [4.78, 5) is 0. The molecule has 0 fully saturated rings. The highest BCUT2D eigenvalue weighted by Gasteiger charge is 2.28. The minimum Gasteiger partial charge on any atom is -0.370 e. The Kier molecular flexibility index (Phi) is 5.28. The van der Waals surface area contributed by atoms with Crippen LogP contribution in [0.25, 0.3) is 0 Å². The monoisotopic (exact) mass is 280 g/mol. The van der Waals surface area contributed by atoms with Crippen molar-refractivity contribution in [3.63, 3.8) is 0 Å². The first-order valence-electron chi connectivity index (χ1n) is 5.62. The van der Waals surface area contributed by atoms with E-state index in [1.165, 1.54) is 6.07 Å². The number of alkyl halides is 3. The third-order valence-corrected chi connectivity index (χ3v) is 2.58. The molecule has 3 N–H and O–H groups in total. The Labute approximate surface area is 108 Å². The second-order valence-electron chi connectivity index (χ2n) is 4.33. The summed E-state index contributed by atoms with van der Waals surface area (Å²) in [5, 5.41) is 0. The highest BCUT2D eigenvalue weighted by Crippen LogP contribution is 2.23. The maximum atomic E-state index is 13.8. The third-order valence-electron chi connectivity index (χ3n) is 2.58. The van der Waals surface area contributed by atoms with Gasteiger partial charge in [-0.3, -0.25) is 11.3 Å². The van der Waals surface area contributed by atoms with E-state index in [1.807, 2.05) is 0 Å². The molecule has 0 amide bonds. The summed E-state index contributed by atoms with van der Waals surface area (Å²) in [5.41, 5.74) is 3.83. The van der Waals surface area contributed by atoms with Crippen molar-refractivity contribution >= 4 is 0 Å². The molecule has 0 saturated heterocycles. The van der Waals surface area contributed by atoms with Crippen LogP contribution in [0, 0.1) is 19.7 Å². The van der Waals surface area contributed by atoms with E-state index in [4.69, 9.17) is 5.84 Å². The van der Waals surface area contributed by atoms with Crippen molar-refractivity contribution in [2.75, 3.05) is 13.2 Å². The Morgan fingerprint density at radius 1 is 1.32 bits per heavy atom. The van der Waals surface area contributed by atoms with Crippen LogP contribution in [-0.2, 0) is 4.74 Å². The van der Waals surface area contributed by atoms with Crippen molar-refractivity contribution in [1.82, 2.24) is 5.43 Å². The Bertz CT molecular complexity index is 411. The normalized spacial score (nSPS) is 13.6. The molecule has 1 aromatic rings. The molecule has 0 spiro atoms. The fourth-order valence-corrected chi connectivity index (χ4v) is 1.88.